The number of benzene rings is 1. The molecule has 0 saturated heterocycles. The summed E-state index contributed by atoms with van der Waals surface area (Å²) in [7, 11) is 0. The van der Waals surface area contributed by atoms with Crippen LogP contribution in [0.25, 0.3) is 0 Å². The van der Waals surface area contributed by atoms with Crippen molar-refractivity contribution in [1.82, 2.24) is 0 Å². The number of aliphatic hydroxyl groups is 1. The summed E-state index contributed by atoms with van der Waals surface area (Å²) < 4.78 is 4.47. The summed E-state index contributed by atoms with van der Waals surface area (Å²) in [5.74, 6) is -4.22. The molecular weight excluding hydrogens is 256 g/mol. The molecule has 7 nitrogen and oxygen atoms in total. The van der Waals surface area contributed by atoms with Gasteiger partial charge in [0, 0.05) is 0 Å². The van der Waals surface area contributed by atoms with Gasteiger partial charge in [0.25, 0.3) is 0 Å². The van der Waals surface area contributed by atoms with E-state index in [1.165, 1.54) is 12.1 Å². The number of carboxylic acids is 2. The molecule has 1 aromatic rings. The number of aliphatic carboxylic acids is 2. The largest absolute Gasteiger partial charge is 0.481 e. The molecule has 0 bridgehead atoms. The summed E-state index contributed by atoms with van der Waals surface area (Å²) >= 11 is 0. The first-order chi connectivity index (χ1) is 8.91. The first kappa shape index (κ1) is 14.7. The van der Waals surface area contributed by atoms with Gasteiger partial charge in [-0.05, 0) is 5.56 Å². The zero-order valence-corrected chi connectivity index (χ0v) is 9.72. The Balaban J connectivity index is 2.72. The van der Waals surface area contributed by atoms with E-state index in [2.05, 4.69) is 4.74 Å². The van der Waals surface area contributed by atoms with Crippen LogP contribution in [-0.4, -0.2) is 39.3 Å². The van der Waals surface area contributed by atoms with Gasteiger partial charge in [0.2, 0.25) is 6.10 Å². The van der Waals surface area contributed by atoms with Crippen LogP contribution in [0.4, 0.5) is 0 Å². The van der Waals surface area contributed by atoms with Crippen molar-refractivity contribution in [3.05, 3.63) is 35.9 Å². The molecule has 0 aromatic heterocycles. The molecule has 102 valence electrons. The van der Waals surface area contributed by atoms with E-state index in [1.807, 2.05) is 0 Å². The van der Waals surface area contributed by atoms with E-state index >= 15 is 0 Å². The third-order valence-corrected chi connectivity index (χ3v) is 2.23. The highest BCUT2D eigenvalue weighted by Gasteiger charge is 2.29. The topological polar surface area (TPSA) is 121 Å². The number of carbonyl (C=O) groups is 3. The molecule has 0 aliphatic carbocycles. The number of hydrogen-bond donors (Lipinski definition) is 3. The number of aliphatic hydroxyl groups excluding tert-OH is 1. The van der Waals surface area contributed by atoms with Gasteiger partial charge in [-0.25, -0.2) is 9.59 Å². The highest BCUT2D eigenvalue weighted by Crippen LogP contribution is 2.15. The molecule has 0 radical (unpaired) electrons. The number of rotatable bonds is 6. The maximum absolute atomic E-state index is 11.5. The standard InChI is InChI=1S/C12H12O7/c13-9(14)6-8(11(16)17)19-12(18)10(15)7-4-2-1-3-5-7/h1-5,8,10,15H,6H2,(H,13,14)(H,16,17). The number of carboxylic acid groups (broad SMARTS) is 2. The number of esters is 1. The fourth-order valence-electron chi connectivity index (χ4n) is 1.31. The molecule has 0 fully saturated rings. The molecule has 1 rings (SSSR count). The SMILES string of the molecule is O=C(O)CC(OC(=O)C(O)c1ccccc1)C(=O)O. The maximum atomic E-state index is 11.5. The van der Waals surface area contributed by atoms with Crippen molar-refractivity contribution < 1.29 is 34.4 Å². The lowest BCUT2D eigenvalue weighted by Gasteiger charge is -2.15. The molecule has 0 aliphatic heterocycles. The van der Waals surface area contributed by atoms with E-state index in [1.54, 1.807) is 18.2 Å². The number of hydrogen-bond acceptors (Lipinski definition) is 5. The quantitative estimate of drug-likeness (QED) is 0.629. The molecule has 0 aliphatic rings. The van der Waals surface area contributed by atoms with Crippen molar-refractivity contribution in [3.63, 3.8) is 0 Å². The molecule has 1 aromatic carbocycles. The van der Waals surface area contributed by atoms with Gasteiger partial charge in [-0.1, -0.05) is 30.3 Å². The molecule has 2 atom stereocenters. The van der Waals surface area contributed by atoms with Crippen LogP contribution < -0.4 is 0 Å². The molecular formula is C12H12O7. The number of carbonyl (C=O) groups excluding carboxylic acids is 1. The van der Waals surface area contributed by atoms with Crippen LogP contribution in [-0.2, 0) is 19.1 Å². The lowest BCUT2D eigenvalue weighted by molar-refractivity contribution is -0.173. The van der Waals surface area contributed by atoms with Crippen LogP contribution in [0.2, 0.25) is 0 Å². The van der Waals surface area contributed by atoms with Gasteiger partial charge in [-0.3, -0.25) is 4.79 Å². The lowest BCUT2D eigenvalue weighted by Crippen LogP contribution is -2.31. The van der Waals surface area contributed by atoms with Gasteiger partial charge in [-0.2, -0.15) is 0 Å². The molecule has 7 heteroatoms. The molecule has 19 heavy (non-hydrogen) atoms. The third-order valence-electron chi connectivity index (χ3n) is 2.23. The fraction of sp³-hybridized carbons (Fsp3) is 0.250. The van der Waals surface area contributed by atoms with Crippen LogP contribution in [0.15, 0.2) is 30.3 Å². The predicted octanol–water partition coefficient (Wildman–Crippen LogP) is 0.191. The van der Waals surface area contributed by atoms with Crippen molar-refractivity contribution in [2.45, 2.75) is 18.6 Å². The monoisotopic (exact) mass is 268 g/mol. The van der Waals surface area contributed by atoms with E-state index in [0.29, 0.717) is 0 Å². The summed E-state index contributed by atoms with van der Waals surface area (Å²) in [4.78, 5) is 32.6. The Morgan fingerprint density at radius 2 is 1.68 bits per heavy atom. The van der Waals surface area contributed by atoms with E-state index in [9.17, 15) is 19.5 Å². The normalized spacial score (nSPS) is 13.3. The Morgan fingerprint density at radius 1 is 1.11 bits per heavy atom. The minimum atomic E-state index is -1.83. The molecule has 2 unspecified atom stereocenters. The molecule has 0 heterocycles. The number of ether oxygens (including phenoxy) is 1. The zero-order chi connectivity index (χ0) is 14.4. The van der Waals surface area contributed by atoms with Gasteiger partial charge in [0.15, 0.2) is 6.10 Å². The lowest BCUT2D eigenvalue weighted by atomic mass is 10.1. The molecule has 3 N–H and O–H groups in total. The van der Waals surface area contributed by atoms with E-state index in [-0.39, 0.29) is 5.56 Å². The Bertz CT molecular complexity index is 468. The van der Waals surface area contributed by atoms with Crippen LogP contribution in [0.5, 0.6) is 0 Å². The third kappa shape index (κ3) is 4.40. The summed E-state index contributed by atoms with van der Waals surface area (Å²) in [6.45, 7) is 0. The van der Waals surface area contributed by atoms with Crippen molar-refractivity contribution in [3.8, 4) is 0 Å². The van der Waals surface area contributed by atoms with Gasteiger partial charge in [-0.15, -0.1) is 0 Å². The average molecular weight is 268 g/mol. The van der Waals surface area contributed by atoms with Gasteiger partial charge >= 0.3 is 17.9 Å². The maximum Gasteiger partial charge on any atom is 0.345 e. The summed E-state index contributed by atoms with van der Waals surface area (Å²) in [5.41, 5.74) is 0.229. The molecule has 0 amide bonds. The Hall–Kier alpha value is -2.41. The summed E-state index contributed by atoms with van der Waals surface area (Å²) in [5, 5.41) is 26.8. The summed E-state index contributed by atoms with van der Waals surface area (Å²) in [6.07, 6.45) is -4.36. The van der Waals surface area contributed by atoms with Crippen LogP contribution in [0, 0.1) is 0 Å². The minimum Gasteiger partial charge on any atom is -0.481 e. The first-order valence-corrected chi connectivity index (χ1v) is 5.30. The smallest absolute Gasteiger partial charge is 0.345 e. The highest BCUT2D eigenvalue weighted by molar-refractivity contribution is 5.84. The minimum absolute atomic E-state index is 0.229. The van der Waals surface area contributed by atoms with E-state index < -0.39 is 36.5 Å². The molecule has 0 spiro atoms. The fourth-order valence-corrected chi connectivity index (χ4v) is 1.31. The van der Waals surface area contributed by atoms with Crippen molar-refractivity contribution in [2.75, 3.05) is 0 Å². The van der Waals surface area contributed by atoms with Gasteiger partial charge in [0.1, 0.15) is 0 Å². The Kier molecular flexibility index (Phi) is 5.01. The second-order valence-electron chi connectivity index (χ2n) is 3.67. The first-order valence-electron chi connectivity index (χ1n) is 5.30. The van der Waals surface area contributed by atoms with E-state index in [4.69, 9.17) is 10.2 Å². The second-order valence-corrected chi connectivity index (χ2v) is 3.67. The zero-order valence-electron chi connectivity index (χ0n) is 9.72. The Labute approximate surface area is 108 Å². The van der Waals surface area contributed by atoms with Crippen LogP contribution in [0.1, 0.15) is 18.1 Å². The second kappa shape index (κ2) is 6.50. The van der Waals surface area contributed by atoms with Crippen LogP contribution >= 0.6 is 0 Å². The Morgan fingerprint density at radius 3 is 2.16 bits per heavy atom. The predicted molar refractivity (Wildman–Crippen MR) is 61.2 cm³/mol. The van der Waals surface area contributed by atoms with Gasteiger partial charge in [0.05, 0.1) is 6.42 Å². The summed E-state index contributed by atoms with van der Waals surface area (Å²) in [6, 6.07) is 7.75. The van der Waals surface area contributed by atoms with Crippen molar-refractivity contribution in [1.29, 1.82) is 0 Å². The highest BCUT2D eigenvalue weighted by atomic mass is 16.6. The van der Waals surface area contributed by atoms with Crippen molar-refractivity contribution >= 4 is 17.9 Å². The molecule has 0 saturated carbocycles. The van der Waals surface area contributed by atoms with Gasteiger partial charge < -0.3 is 20.1 Å². The van der Waals surface area contributed by atoms with Crippen molar-refractivity contribution in [2.24, 2.45) is 0 Å². The van der Waals surface area contributed by atoms with Crippen LogP contribution in [0.3, 0.4) is 0 Å². The average Bonchev–Trinajstić information content (AvgIpc) is 2.37. The van der Waals surface area contributed by atoms with E-state index in [0.717, 1.165) is 0 Å².